The van der Waals surface area contributed by atoms with E-state index in [0.717, 1.165) is 17.8 Å². The van der Waals surface area contributed by atoms with Crippen molar-refractivity contribution in [1.29, 1.82) is 0 Å². The number of hydrogen-bond acceptors (Lipinski definition) is 3. The van der Waals surface area contributed by atoms with Crippen LogP contribution < -0.4 is 11.0 Å². The minimum absolute atomic E-state index is 0.236. The van der Waals surface area contributed by atoms with Gasteiger partial charge in [-0.05, 0) is 51.0 Å². The van der Waals surface area contributed by atoms with Gasteiger partial charge in [-0.25, -0.2) is 4.79 Å². The molecule has 116 valence electrons. The van der Waals surface area contributed by atoms with Gasteiger partial charge >= 0.3 is 5.69 Å². The van der Waals surface area contributed by atoms with Gasteiger partial charge < -0.3 is 5.32 Å². The summed E-state index contributed by atoms with van der Waals surface area (Å²) >= 11 is 0. The molecule has 5 nitrogen and oxygen atoms in total. The second-order valence-electron chi connectivity index (χ2n) is 5.41. The summed E-state index contributed by atoms with van der Waals surface area (Å²) in [5.74, 6) is -0.236. The average Bonchev–Trinajstić information content (AvgIpc) is 2.46. The van der Waals surface area contributed by atoms with E-state index in [4.69, 9.17) is 0 Å². The van der Waals surface area contributed by atoms with Gasteiger partial charge in [0.1, 0.15) is 6.04 Å². The van der Waals surface area contributed by atoms with Crippen LogP contribution >= 0.6 is 0 Å². The second-order valence-corrected chi connectivity index (χ2v) is 5.41. The lowest BCUT2D eigenvalue weighted by Gasteiger charge is -2.17. The van der Waals surface area contributed by atoms with E-state index >= 15 is 0 Å². The van der Waals surface area contributed by atoms with Crippen molar-refractivity contribution in [3.8, 4) is 0 Å². The molecule has 1 atom stereocenters. The molecular formula is C17H21N3O2. The monoisotopic (exact) mass is 299 g/mol. The van der Waals surface area contributed by atoms with Gasteiger partial charge in [0.25, 0.3) is 0 Å². The number of rotatable bonds is 4. The maximum absolute atomic E-state index is 12.4. The number of benzene rings is 1. The maximum atomic E-state index is 12.4. The van der Waals surface area contributed by atoms with Crippen molar-refractivity contribution in [3.63, 3.8) is 0 Å². The smallest absolute Gasteiger partial charge is 0.324 e. The lowest BCUT2D eigenvalue weighted by Crippen LogP contribution is -2.34. The number of aryl methyl sites for hydroxylation is 3. The Morgan fingerprint density at radius 3 is 2.45 bits per heavy atom. The van der Waals surface area contributed by atoms with Gasteiger partial charge in [0, 0.05) is 17.1 Å². The van der Waals surface area contributed by atoms with Crippen LogP contribution in [-0.4, -0.2) is 15.5 Å². The summed E-state index contributed by atoms with van der Waals surface area (Å²) in [5.41, 5.74) is 2.91. The van der Waals surface area contributed by atoms with Crippen LogP contribution in [0.3, 0.4) is 0 Å². The quantitative estimate of drug-likeness (QED) is 0.944. The highest BCUT2D eigenvalue weighted by Crippen LogP contribution is 2.14. The van der Waals surface area contributed by atoms with E-state index in [1.54, 1.807) is 26.8 Å². The standard InChI is InChI=1S/C17H21N3O2/c1-5-14-6-8-15(9-7-14)19-16(21)13(4)20-12(3)10-11(2)18-17(20)22/h6-10,13H,5H2,1-4H3,(H,19,21)/t13-/m0/s1. The average molecular weight is 299 g/mol. The molecule has 0 saturated heterocycles. The fraction of sp³-hybridized carbons (Fsp3) is 0.353. The predicted molar refractivity (Wildman–Crippen MR) is 87.1 cm³/mol. The molecule has 0 unspecified atom stereocenters. The van der Waals surface area contributed by atoms with Crippen LogP contribution in [0.15, 0.2) is 35.1 Å². The van der Waals surface area contributed by atoms with Crippen LogP contribution in [0.1, 0.15) is 36.8 Å². The van der Waals surface area contributed by atoms with Crippen LogP contribution in [-0.2, 0) is 11.2 Å². The fourth-order valence-corrected chi connectivity index (χ4v) is 2.42. The Labute approximate surface area is 130 Å². The molecular weight excluding hydrogens is 278 g/mol. The van der Waals surface area contributed by atoms with Gasteiger partial charge in [0.05, 0.1) is 0 Å². The Hall–Kier alpha value is -2.43. The Morgan fingerprint density at radius 1 is 1.27 bits per heavy atom. The number of nitrogens with zero attached hydrogens (tertiary/aromatic N) is 2. The molecule has 0 saturated carbocycles. The molecule has 1 aromatic carbocycles. The molecule has 0 bridgehead atoms. The van der Waals surface area contributed by atoms with Crippen LogP contribution in [0.4, 0.5) is 5.69 Å². The van der Waals surface area contributed by atoms with Crippen molar-refractivity contribution in [2.45, 2.75) is 40.2 Å². The van der Waals surface area contributed by atoms with Crippen molar-refractivity contribution in [2.24, 2.45) is 0 Å². The molecule has 1 amide bonds. The van der Waals surface area contributed by atoms with E-state index < -0.39 is 11.7 Å². The minimum atomic E-state index is -0.619. The Kier molecular flexibility index (Phi) is 4.75. The molecule has 0 spiro atoms. The van der Waals surface area contributed by atoms with Gasteiger partial charge in [0.15, 0.2) is 0 Å². The first kappa shape index (κ1) is 15.9. The van der Waals surface area contributed by atoms with Crippen molar-refractivity contribution < 1.29 is 4.79 Å². The van der Waals surface area contributed by atoms with Gasteiger partial charge in [-0.2, -0.15) is 4.98 Å². The Balaban J connectivity index is 2.20. The third-order valence-corrected chi connectivity index (χ3v) is 3.67. The molecule has 0 aliphatic carbocycles. The number of amides is 1. The summed E-state index contributed by atoms with van der Waals surface area (Å²) in [6, 6.07) is 8.86. The predicted octanol–water partition coefficient (Wildman–Crippen LogP) is 2.62. The normalized spacial score (nSPS) is 12.0. The second kappa shape index (κ2) is 6.56. The molecule has 2 rings (SSSR count). The molecule has 1 N–H and O–H groups in total. The summed E-state index contributed by atoms with van der Waals surface area (Å²) in [5, 5.41) is 2.83. The van der Waals surface area contributed by atoms with Crippen molar-refractivity contribution in [3.05, 3.63) is 57.8 Å². The Bertz CT molecular complexity index is 733. The third-order valence-electron chi connectivity index (χ3n) is 3.67. The minimum Gasteiger partial charge on any atom is -0.324 e. The molecule has 1 heterocycles. The van der Waals surface area contributed by atoms with E-state index in [1.807, 2.05) is 24.3 Å². The number of nitrogens with one attached hydrogen (secondary N) is 1. The lowest BCUT2D eigenvalue weighted by molar-refractivity contribution is -0.118. The van der Waals surface area contributed by atoms with E-state index in [2.05, 4.69) is 17.2 Å². The topological polar surface area (TPSA) is 64.0 Å². The number of aromatic nitrogens is 2. The van der Waals surface area contributed by atoms with Gasteiger partial charge in [-0.1, -0.05) is 19.1 Å². The SMILES string of the molecule is CCc1ccc(NC(=O)[C@H](C)n2c(C)cc(C)nc2=O)cc1. The molecule has 0 radical (unpaired) electrons. The first-order chi connectivity index (χ1) is 10.4. The number of carbonyl (C=O) groups excluding carboxylic acids is 1. The number of hydrogen-bond donors (Lipinski definition) is 1. The van der Waals surface area contributed by atoms with Gasteiger partial charge in [0.2, 0.25) is 5.91 Å². The van der Waals surface area contributed by atoms with Gasteiger partial charge in [-0.15, -0.1) is 0 Å². The summed E-state index contributed by atoms with van der Waals surface area (Å²) in [6.45, 7) is 7.34. The highest BCUT2D eigenvalue weighted by Gasteiger charge is 2.18. The van der Waals surface area contributed by atoms with Crippen LogP contribution in [0.5, 0.6) is 0 Å². The first-order valence-electron chi connectivity index (χ1n) is 7.39. The van der Waals surface area contributed by atoms with E-state index in [-0.39, 0.29) is 5.91 Å². The van der Waals surface area contributed by atoms with E-state index in [1.165, 1.54) is 10.1 Å². The first-order valence-corrected chi connectivity index (χ1v) is 7.39. The van der Waals surface area contributed by atoms with Crippen LogP contribution in [0, 0.1) is 13.8 Å². The summed E-state index contributed by atoms with van der Waals surface area (Å²) < 4.78 is 1.41. The van der Waals surface area contributed by atoms with E-state index in [9.17, 15) is 9.59 Å². The third kappa shape index (κ3) is 3.42. The molecule has 0 fully saturated rings. The summed E-state index contributed by atoms with van der Waals surface area (Å²) in [4.78, 5) is 28.3. The largest absolute Gasteiger partial charge is 0.348 e. The summed E-state index contributed by atoms with van der Waals surface area (Å²) in [7, 11) is 0. The molecule has 5 heteroatoms. The van der Waals surface area contributed by atoms with Crippen molar-refractivity contribution >= 4 is 11.6 Å². The van der Waals surface area contributed by atoms with Crippen LogP contribution in [0.2, 0.25) is 0 Å². The highest BCUT2D eigenvalue weighted by atomic mass is 16.2. The number of carbonyl (C=O) groups is 1. The zero-order chi connectivity index (χ0) is 16.3. The summed E-state index contributed by atoms with van der Waals surface area (Å²) in [6.07, 6.45) is 0.953. The van der Waals surface area contributed by atoms with Crippen molar-refractivity contribution in [1.82, 2.24) is 9.55 Å². The highest BCUT2D eigenvalue weighted by molar-refractivity contribution is 5.93. The lowest BCUT2D eigenvalue weighted by atomic mass is 10.1. The van der Waals surface area contributed by atoms with Gasteiger partial charge in [-0.3, -0.25) is 9.36 Å². The zero-order valence-corrected chi connectivity index (χ0v) is 13.4. The zero-order valence-electron chi connectivity index (χ0n) is 13.4. The number of anilines is 1. The maximum Gasteiger partial charge on any atom is 0.348 e. The molecule has 22 heavy (non-hydrogen) atoms. The molecule has 2 aromatic rings. The molecule has 1 aromatic heterocycles. The fourth-order valence-electron chi connectivity index (χ4n) is 2.42. The molecule has 0 aliphatic heterocycles. The molecule has 0 aliphatic rings. The van der Waals surface area contributed by atoms with E-state index in [0.29, 0.717) is 5.69 Å². The van der Waals surface area contributed by atoms with Crippen LogP contribution in [0.25, 0.3) is 0 Å². The Morgan fingerprint density at radius 2 is 1.91 bits per heavy atom. The van der Waals surface area contributed by atoms with Crippen molar-refractivity contribution in [2.75, 3.05) is 5.32 Å².